The Labute approximate surface area is 191 Å². The standard InChI is InChI=1S/C19H19ClN6O5S/c1-31-26-15(12-9-32-19(23-12)24-13(27)7-20)18(30)25-14-11(22-17(14)29)8-21-16(28)10-5-3-2-4-6-10/h2-6,9,11,14H,7-8H2,1H3,(H,21,28)(H,22,29)(H,25,30)(H,23,24,27)/b26-15-/t11-,14+/m0/s1. The number of carbonyl (C=O) groups excluding carboxylic acids is 4. The average molecular weight is 479 g/mol. The van der Waals surface area contributed by atoms with E-state index in [0.29, 0.717) is 5.56 Å². The fraction of sp³-hybridized carbons (Fsp3) is 0.263. The van der Waals surface area contributed by atoms with E-state index in [4.69, 9.17) is 16.4 Å². The van der Waals surface area contributed by atoms with Gasteiger partial charge in [-0.25, -0.2) is 4.98 Å². The van der Waals surface area contributed by atoms with Crippen molar-refractivity contribution in [2.24, 2.45) is 5.16 Å². The molecule has 2 atom stereocenters. The molecule has 4 amide bonds. The average Bonchev–Trinajstić information content (AvgIpc) is 3.26. The van der Waals surface area contributed by atoms with Crippen molar-refractivity contribution in [3.63, 3.8) is 0 Å². The SMILES string of the molecule is CO/N=C(\C(=O)N[C@H]1C(=O)N[C@H]1CNC(=O)c1ccccc1)c1csc(NC(=O)CCl)n1. The van der Waals surface area contributed by atoms with Gasteiger partial charge in [-0.1, -0.05) is 23.4 Å². The van der Waals surface area contributed by atoms with Crippen LogP contribution in [0, 0.1) is 0 Å². The van der Waals surface area contributed by atoms with Crippen molar-refractivity contribution in [3.05, 3.63) is 47.0 Å². The summed E-state index contributed by atoms with van der Waals surface area (Å²) in [4.78, 5) is 57.2. The number of benzene rings is 1. The van der Waals surface area contributed by atoms with Crippen molar-refractivity contribution < 1.29 is 24.0 Å². The molecule has 11 nitrogen and oxygen atoms in total. The summed E-state index contributed by atoms with van der Waals surface area (Å²) in [6.45, 7) is 0.118. The summed E-state index contributed by atoms with van der Waals surface area (Å²) in [5.74, 6) is -2.09. The smallest absolute Gasteiger partial charge is 0.276 e. The van der Waals surface area contributed by atoms with Crippen LogP contribution in [0.1, 0.15) is 16.1 Å². The van der Waals surface area contributed by atoms with E-state index in [1.54, 1.807) is 30.3 Å². The van der Waals surface area contributed by atoms with Gasteiger partial charge < -0.3 is 26.1 Å². The van der Waals surface area contributed by atoms with Crippen LogP contribution < -0.4 is 21.3 Å². The molecule has 0 bridgehead atoms. The first kappa shape index (κ1) is 23.2. The molecule has 1 aliphatic heterocycles. The van der Waals surface area contributed by atoms with Crippen molar-refractivity contribution in [2.75, 3.05) is 24.9 Å². The van der Waals surface area contributed by atoms with Crippen LogP contribution in [-0.2, 0) is 19.2 Å². The quantitative estimate of drug-likeness (QED) is 0.173. The normalized spacial score (nSPS) is 17.6. The van der Waals surface area contributed by atoms with Crippen LogP contribution in [0.4, 0.5) is 5.13 Å². The maximum atomic E-state index is 12.7. The largest absolute Gasteiger partial charge is 0.398 e. The highest BCUT2D eigenvalue weighted by Crippen LogP contribution is 2.17. The number of nitrogens with zero attached hydrogens (tertiary/aromatic N) is 2. The number of β-lactam (4-membered cyclic amide) rings is 1. The van der Waals surface area contributed by atoms with Crippen molar-refractivity contribution in [1.82, 2.24) is 20.9 Å². The number of amides is 4. The number of aromatic nitrogens is 1. The Hall–Kier alpha value is -3.51. The summed E-state index contributed by atoms with van der Waals surface area (Å²) in [7, 11) is 1.26. The minimum Gasteiger partial charge on any atom is -0.398 e. The zero-order valence-electron chi connectivity index (χ0n) is 16.8. The summed E-state index contributed by atoms with van der Waals surface area (Å²) < 4.78 is 0. The number of nitrogens with one attached hydrogen (secondary N) is 4. The first-order valence-electron chi connectivity index (χ1n) is 9.30. The minimum atomic E-state index is -0.880. The Balaban J connectivity index is 1.61. The maximum absolute atomic E-state index is 12.7. The molecule has 0 unspecified atom stereocenters. The predicted octanol–water partition coefficient (Wildman–Crippen LogP) is 0.0841. The second-order valence-corrected chi connectivity index (χ2v) is 7.61. The minimum absolute atomic E-state index is 0.118. The zero-order chi connectivity index (χ0) is 23.1. The Morgan fingerprint density at radius 2 is 2.03 bits per heavy atom. The van der Waals surface area contributed by atoms with Gasteiger partial charge >= 0.3 is 0 Å². The van der Waals surface area contributed by atoms with E-state index in [-0.39, 0.29) is 34.9 Å². The van der Waals surface area contributed by atoms with Gasteiger partial charge in [0.1, 0.15) is 24.7 Å². The van der Waals surface area contributed by atoms with E-state index < -0.39 is 29.8 Å². The van der Waals surface area contributed by atoms with Crippen LogP contribution in [0.2, 0.25) is 0 Å². The van der Waals surface area contributed by atoms with Gasteiger partial charge in [-0.2, -0.15) is 0 Å². The number of halogens is 1. The molecule has 0 aliphatic carbocycles. The second kappa shape index (κ2) is 10.7. The molecule has 1 aromatic heterocycles. The van der Waals surface area contributed by atoms with Crippen LogP contribution in [0.3, 0.4) is 0 Å². The lowest BCUT2D eigenvalue weighted by Gasteiger charge is -2.37. The molecular weight excluding hydrogens is 460 g/mol. The summed E-state index contributed by atoms with van der Waals surface area (Å²) in [5.41, 5.74) is 0.448. The number of rotatable bonds is 9. The zero-order valence-corrected chi connectivity index (χ0v) is 18.3. The van der Waals surface area contributed by atoms with Crippen molar-refractivity contribution in [1.29, 1.82) is 0 Å². The van der Waals surface area contributed by atoms with Crippen LogP contribution in [-0.4, -0.2) is 65.9 Å². The fourth-order valence-electron chi connectivity index (χ4n) is 2.77. The van der Waals surface area contributed by atoms with E-state index >= 15 is 0 Å². The van der Waals surface area contributed by atoms with Crippen molar-refractivity contribution in [3.8, 4) is 0 Å². The highest BCUT2D eigenvalue weighted by atomic mass is 35.5. The van der Waals surface area contributed by atoms with Crippen molar-refractivity contribution >= 4 is 57.4 Å². The monoisotopic (exact) mass is 478 g/mol. The number of carbonyl (C=O) groups is 4. The molecule has 1 fully saturated rings. The summed E-state index contributed by atoms with van der Waals surface area (Å²) in [6.07, 6.45) is 0. The molecule has 1 aliphatic rings. The van der Waals surface area contributed by atoms with Gasteiger partial charge in [0.25, 0.3) is 11.8 Å². The van der Waals surface area contributed by atoms with Gasteiger partial charge in [-0.15, -0.1) is 22.9 Å². The highest BCUT2D eigenvalue weighted by molar-refractivity contribution is 7.14. The van der Waals surface area contributed by atoms with Crippen LogP contribution in [0.15, 0.2) is 40.9 Å². The van der Waals surface area contributed by atoms with Crippen LogP contribution in [0.25, 0.3) is 0 Å². The lowest BCUT2D eigenvalue weighted by atomic mass is 9.98. The topological polar surface area (TPSA) is 151 Å². The Kier molecular flexibility index (Phi) is 7.73. The molecule has 0 saturated carbocycles. The van der Waals surface area contributed by atoms with Gasteiger partial charge in [-0.3, -0.25) is 19.2 Å². The second-order valence-electron chi connectivity index (χ2n) is 6.48. The van der Waals surface area contributed by atoms with Crippen molar-refractivity contribution in [2.45, 2.75) is 12.1 Å². The van der Waals surface area contributed by atoms with Gasteiger partial charge in [0.15, 0.2) is 10.8 Å². The van der Waals surface area contributed by atoms with E-state index in [9.17, 15) is 19.2 Å². The van der Waals surface area contributed by atoms with Gasteiger partial charge in [0.2, 0.25) is 11.8 Å². The Bertz CT molecular complexity index is 1040. The number of anilines is 1. The fourth-order valence-corrected chi connectivity index (χ4v) is 3.55. The number of alkyl halides is 1. The molecular formula is C19H19ClN6O5S. The first-order chi connectivity index (χ1) is 15.4. The lowest BCUT2D eigenvalue weighted by Crippen LogP contribution is -2.72. The molecule has 2 heterocycles. The summed E-state index contributed by atoms with van der Waals surface area (Å²) in [5, 5.41) is 15.8. The molecule has 1 saturated heterocycles. The molecule has 2 aromatic rings. The predicted molar refractivity (Wildman–Crippen MR) is 118 cm³/mol. The van der Waals surface area contributed by atoms with Crippen LogP contribution in [0.5, 0.6) is 0 Å². The number of hydrogen-bond donors (Lipinski definition) is 4. The summed E-state index contributed by atoms with van der Waals surface area (Å²) >= 11 is 6.52. The number of thiazole rings is 1. The van der Waals surface area contributed by atoms with Gasteiger partial charge in [0, 0.05) is 17.5 Å². The third-order valence-electron chi connectivity index (χ3n) is 4.33. The molecule has 13 heteroatoms. The summed E-state index contributed by atoms with van der Waals surface area (Å²) in [6, 6.07) is 7.23. The Morgan fingerprint density at radius 1 is 1.28 bits per heavy atom. The molecule has 168 valence electrons. The molecule has 4 N–H and O–H groups in total. The highest BCUT2D eigenvalue weighted by Gasteiger charge is 2.41. The van der Waals surface area contributed by atoms with E-state index in [0.717, 1.165) is 11.3 Å². The van der Waals surface area contributed by atoms with Gasteiger partial charge in [0.05, 0.1) is 6.04 Å². The lowest BCUT2D eigenvalue weighted by molar-refractivity contribution is -0.134. The first-order valence-corrected chi connectivity index (χ1v) is 10.7. The molecule has 1 aromatic carbocycles. The third kappa shape index (κ3) is 5.59. The van der Waals surface area contributed by atoms with Crippen LogP contribution >= 0.6 is 22.9 Å². The maximum Gasteiger partial charge on any atom is 0.276 e. The Morgan fingerprint density at radius 3 is 2.69 bits per heavy atom. The molecule has 32 heavy (non-hydrogen) atoms. The number of oxime groups is 1. The van der Waals surface area contributed by atoms with E-state index in [1.165, 1.54) is 12.5 Å². The molecule has 0 spiro atoms. The van der Waals surface area contributed by atoms with E-state index in [2.05, 4.69) is 31.4 Å². The van der Waals surface area contributed by atoms with Gasteiger partial charge in [-0.05, 0) is 12.1 Å². The van der Waals surface area contributed by atoms with E-state index in [1.807, 2.05) is 0 Å². The molecule has 3 rings (SSSR count). The third-order valence-corrected chi connectivity index (χ3v) is 5.33. The molecule has 0 radical (unpaired) electrons. The number of hydrogen-bond acceptors (Lipinski definition) is 8.